The van der Waals surface area contributed by atoms with Gasteiger partial charge >= 0.3 is 0 Å². The van der Waals surface area contributed by atoms with Crippen molar-refractivity contribution >= 4 is 0 Å². The first kappa shape index (κ1) is 15.9. The van der Waals surface area contributed by atoms with Crippen LogP contribution in [0.3, 0.4) is 0 Å². The van der Waals surface area contributed by atoms with E-state index in [1.54, 1.807) is 0 Å². The summed E-state index contributed by atoms with van der Waals surface area (Å²) in [6.07, 6.45) is 6.30. The lowest BCUT2D eigenvalue weighted by atomic mass is 10.3. The van der Waals surface area contributed by atoms with E-state index in [9.17, 15) is 0 Å². The topological polar surface area (TPSA) is 36.1 Å². The molecule has 16 heavy (non-hydrogen) atoms. The molecule has 0 amide bonds. The van der Waals surface area contributed by atoms with Crippen molar-refractivity contribution in [1.29, 1.82) is 0 Å². The van der Waals surface area contributed by atoms with Crippen molar-refractivity contribution in [3.63, 3.8) is 0 Å². The summed E-state index contributed by atoms with van der Waals surface area (Å²) in [6, 6.07) is 0. The predicted molar refractivity (Wildman–Crippen MR) is 73.0 cm³/mol. The molecule has 0 bridgehead atoms. The van der Waals surface area contributed by atoms with E-state index >= 15 is 0 Å². The van der Waals surface area contributed by atoms with Gasteiger partial charge in [-0.15, -0.1) is 0 Å². The largest absolute Gasteiger partial charge is 0.317 e. The summed E-state index contributed by atoms with van der Waals surface area (Å²) in [5, 5.41) is 10.3. The van der Waals surface area contributed by atoms with Gasteiger partial charge in [0.25, 0.3) is 0 Å². The Labute approximate surface area is 102 Å². The Hall–Kier alpha value is -0.120. The third-order valence-electron chi connectivity index (χ3n) is 2.52. The van der Waals surface area contributed by atoms with Gasteiger partial charge in [-0.2, -0.15) is 0 Å². The van der Waals surface area contributed by atoms with Gasteiger partial charge in [0, 0.05) is 0 Å². The second kappa shape index (κ2) is 14.9. The van der Waals surface area contributed by atoms with Crippen LogP contribution in [0.15, 0.2) is 0 Å². The quantitative estimate of drug-likeness (QED) is 0.421. The van der Waals surface area contributed by atoms with Crippen molar-refractivity contribution in [2.75, 3.05) is 39.3 Å². The Morgan fingerprint density at radius 2 is 0.875 bits per heavy atom. The molecule has 0 atom stereocenters. The zero-order chi connectivity index (χ0) is 11.9. The highest BCUT2D eigenvalue weighted by Gasteiger charge is 1.90. The minimum atomic E-state index is 1.15. The zero-order valence-corrected chi connectivity index (χ0v) is 11.3. The van der Waals surface area contributed by atoms with E-state index in [4.69, 9.17) is 0 Å². The summed E-state index contributed by atoms with van der Waals surface area (Å²) in [5.41, 5.74) is 0. The fourth-order valence-electron chi connectivity index (χ4n) is 1.57. The summed E-state index contributed by atoms with van der Waals surface area (Å²) >= 11 is 0. The third-order valence-corrected chi connectivity index (χ3v) is 2.52. The average Bonchev–Trinajstić information content (AvgIpc) is 2.31. The summed E-state index contributed by atoms with van der Waals surface area (Å²) < 4.78 is 0. The molecule has 0 rings (SSSR count). The first-order chi connectivity index (χ1) is 7.91. The van der Waals surface area contributed by atoms with Crippen molar-refractivity contribution in [3.8, 4) is 0 Å². The van der Waals surface area contributed by atoms with Crippen LogP contribution < -0.4 is 16.0 Å². The fraction of sp³-hybridized carbons (Fsp3) is 1.00. The standard InChI is InChI=1S/C13H31N3/c1-3-8-14-10-5-6-11-16-13-7-12-15-9-4-2/h14-16H,3-13H2,1-2H3. The Balaban J connectivity index is 2.83. The van der Waals surface area contributed by atoms with Crippen LogP contribution in [0, 0.1) is 0 Å². The Bertz CT molecular complexity index is 104. The molecule has 0 saturated carbocycles. The number of hydrogen-bond donors (Lipinski definition) is 3. The van der Waals surface area contributed by atoms with Crippen molar-refractivity contribution in [2.24, 2.45) is 0 Å². The minimum absolute atomic E-state index is 1.15. The number of nitrogens with one attached hydrogen (secondary N) is 3. The molecule has 3 heteroatoms. The van der Waals surface area contributed by atoms with Crippen LogP contribution >= 0.6 is 0 Å². The van der Waals surface area contributed by atoms with Crippen molar-refractivity contribution in [3.05, 3.63) is 0 Å². The molecule has 0 aromatic rings. The molecule has 0 saturated heterocycles. The van der Waals surface area contributed by atoms with Gasteiger partial charge in [0.1, 0.15) is 0 Å². The van der Waals surface area contributed by atoms with E-state index in [0.29, 0.717) is 0 Å². The van der Waals surface area contributed by atoms with Gasteiger partial charge in [-0.3, -0.25) is 0 Å². The lowest BCUT2D eigenvalue weighted by Gasteiger charge is -2.06. The molecule has 0 spiro atoms. The molecule has 0 aliphatic carbocycles. The summed E-state index contributed by atoms with van der Waals surface area (Å²) in [6.45, 7) is 11.4. The van der Waals surface area contributed by atoms with E-state index in [2.05, 4.69) is 29.8 Å². The molecule has 3 nitrogen and oxygen atoms in total. The summed E-state index contributed by atoms with van der Waals surface area (Å²) in [7, 11) is 0. The number of hydrogen-bond acceptors (Lipinski definition) is 3. The molecule has 0 aliphatic rings. The van der Waals surface area contributed by atoms with Gasteiger partial charge in [-0.25, -0.2) is 0 Å². The second-order valence-corrected chi connectivity index (χ2v) is 4.31. The van der Waals surface area contributed by atoms with Crippen LogP contribution in [-0.4, -0.2) is 39.3 Å². The van der Waals surface area contributed by atoms with E-state index < -0.39 is 0 Å². The van der Waals surface area contributed by atoms with Gasteiger partial charge < -0.3 is 16.0 Å². The lowest BCUT2D eigenvalue weighted by molar-refractivity contribution is 0.557. The molecule has 0 fully saturated rings. The lowest BCUT2D eigenvalue weighted by Crippen LogP contribution is -2.24. The molecular weight excluding hydrogens is 198 g/mol. The van der Waals surface area contributed by atoms with Gasteiger partial charge in [0.15, 0.2) is 0 Å². The van der Waals surface area contributed by atoms with Gasteiger partial charge in [0.05, 0.1) is 0 Å². The summed E-state index contributed by atoms with van der Waals surface area (Å²) in [5.74, 6) is 0. The normalized spacial score (nSPS) is 10.9. The molecule has 0 unspecified atom stereocenters. The fourth-order valence-corrected chi connectivity index (χ4v) is 1.57. The molecule has 0 aromatic heterocycles. The number of unbranched alkanes of at least 4 members (excludes halogenated alkanes) is 1. The second-order valence-electron chi connectivity index (χ2n) is 4.31. The monoisotopic (exact) mass is 229 g/mol. The van der Waals surface area contributed by atoms with Crippen molar-refractivity contribution in [1.82, 2.24) is 16.0 Å². The highest BCUT2D eigenvalue weighted by Crippen LogP contribution is 1.85. The van der Waals surface area contributed by atoms with Crippen LogP contribution in [0.2, 0.25) is 0 Å². The Kier molecular flexibility index (Phi) is 14.8. The molecule has 0 heterocycles. The Morgan fingerprint density at radius 3 is 1.31 bits per heavy atom. The first-order valence-corrected chi connectivity index (χ1v) is 7.04. The van der Waals surface area contributed by atoms with Crippen molar-refractivity contribution in [2.45, 2.75) is 46.0 Å². The maximum Gasteiger partial charge on any atom is -0.00368 e. The van der Waals surface area contributed by atoms with Crippen LogP contribution in [0.25, 0.3) is 0 Å². The van der Waals surface area contributed by atoms with Gasteiger partial charge in [0.2, 0.25) is 0 Å². The zero-order valence-electron chi connectivity index (χ0n) is 11.3. The maximum atomic E-state index is 3.49. The number of rotatable bonds is 13. The molecule has 0 aromatic carbocycles. The van der Waals surface area contributed by atoms with Crippen molar-refractivity contribution < 1.29 is 0 Å². The van der Waals surface area contributed by atoms with E-state index in [-0.39, 0.29) is 0 Å². The first-order valence-electron chi connectivity index (χ1n) is 7.04. The highest BCUT2D eigenvalue weighted by atomic mass is 14.9. The molecular formula is C13H31N3. The molecule has 0 aliphatic heterocycles. The van der Waals surface area contributed by atoms with Crippen LogP contribution in [0.5, 0.6) is 0 Å². The smallest absolute Gasteiger partial charge is 0.00368 e. The Morgan fingerprint density at radius 1 is 0.500 bits per heavy atom. The van der Waals surface area contributed by atoms with E-state index in [1.165, 1.54) is 45.2 Å². The average molecular weight is 229 g/mol. The van der Waals surface area contributed by atoms with Crippen LogP contribution in [0.1, 0.15) is 46.0 Å². The molecule has 3 N–H and O–H groups in total. The maximum absolute atomic E-state index is 3.49. The van der Waals surface area contributed by atoms with Crippen LogP contribution in [0.4, 0.5) is 0 Å². The summed E-state index contributed by atoms with van der Waals surface area (Å²) in [4.78, 5) is 0. The molecule has 98 valence electrons. The predicted octanol–water partition coefficient (Wildman–Crippen LogP) is 1.75. The van der Waals surface area contributed by atoms with E-state index in [0.717, 1.165) is 26.2 Å². The molecule has 0 radical (unpaired) electrons. The van der Waals surface area contributed by atoms with Gasteiger partial charge in [-0.1, -0.05) is 13.8 Å². The van der Waals surface area contributed by atoms with Crippen LogP contribution in [-0.2, 0) is 0 Å². The highest BCUT2D eigenvalue weighted by molar-refractivity contribution is 4.53. The third kappa shape index (κ3) is 13.9. The SMILES string of the molecule is CCCNCCCCNCCCNCCC. The van der Waals surface area contributed by atoms with Gasteiger partial charge in [-0.05, 0) is 71.4 Å². The minimum Gasteiger partial charge on any atom is -0.317 e. The van der Waals surface area contributed by atoms with E-state index in [1.807, 2.05) is 0 Å².